The molecule has 4 N–H and O–H groups in total. The first-order valence-electron chi connectivity index (χ1n) is 13.3. The lowest BCUT2D eigenvalue weighted by molar-refractivity contribution is 0.0236. The molecule has 9 nitrogen and oxygen atoms in total. The maximum Gasteiger partial charge on any atom is 0.251 e. The summed E-state index contributed by atoms with van der Waals surface area (Å²) in [5, 5.41) is 24.5. The summed E-state index contributed by atoms with van der Waals surface area (Å²) in [6.07, 6.45) is 2.91. The normalized spacial score (nSPS) is 17.6. The number of aliphatic hydroxyl groups is 1. The number of aromatic nitrogens is 2. The zero-order valence-electron chi connectivity index (χ0n) is 23.5. The Labute approximate surface area is 241 Å². The Balaban J connectivity index is 1.48. The lowest BCUT2D eigenvalue weighted by Crippen LogP contribution is -2.49. The topological polar surface area (TPSA) is 103 Å². The van der Waals surface area contributed by atoms with Crippen molar-refractivity contribution in [3.05, 3.63) is 60.3 Å². The molecule has 2 aromatic heterocycles. The van der Waals surface area contributed by atoms with Crippen LogP contribution in [0.25, 0.3) is 5.52 Å². The highest BCUT2D eigenvalue weighted by atomic mass is 32.1. The lowest BCUT2D eigenvalue weighted by atomic mass is 9.91. The fourth-order valence-corrected chi connectivity index (χ4v) is 5.27. The minimum absolute atomic E-state index is 0.176. The van der Waals surface area contributed by atoms with E-state index in [1.807, 2.05) is 42.6 Å². The summed E-state index contributed by atoms with van der Waals surface area (Å²) in [5.74, 6) is 7.76. The van der Waals surface area contributed by atoms with Crippen molar-refractivity contribution < 1.29 is 14.6 Å². The minimum Gasteiger partial charge on any atom is -0.495 e. The number of methoxy groups -OCH3 is 1. The fourth-order valence-electron chi connectivity index (χ4n) is 5.00. The lowest BCUT2D eigenvalue weighted by Gasteiger charge is -2.40. The molecule has 3 aromatic rings. The molecule has 40 heavy (non-hydrogen) atoms. The summed E-state index contributed by atoms with van der Waals surface area (Å²) < 4.78 is 7.26. The highest BCUT2D eigenvalue weighted by Crippen LogP contribution is 2.28. The van der Waals surface area contributed by atoms with Gasteiger partial charge >= 0.3 is 0 Å². The van der Waals surface area contributed by atoms with E-state index in [1.54, 1.807) is 32.4 Å². The van der Waals surface area contributed by atoms with E-state index in [-0.39, 0.29) is 17.9 Å². The molecule has 1 unspecified atom stereocenters. The van der Waals surface area contributed by atoms with Crippen molar-refractivity contribution in [2.75, 3.05) is 51.0 Å². The predicted octanol–water partition coefficient (Wildman–Crippen LogP) is 3.51. The summed E-state index contributed by atoms with van der Waals surface area (Å²) >= 11 is 4.72. The van der Waals surface area contributed by atoms with Gasteiger partial charge in [-0.2, -0.15) is 5.10 Å². The highest BCUT2D eigenvalue weighted by molar-refractivity contribution is 7.80. The monoisotopic (exact) mass is 562 g/mol. The highest BCUT2D eigenvalue weighted by Gasteiger charge is 2.30. The van der Waals surface area contributed by atoms with Gasteiger partial charge in [-0.1, -0.05) is 18.1 Å². The zero-order valence-corrected chi connectivity index (χ0v) is 24.4. The summed E-state index contributed by atoms with van der Waals surface area (Å²) in [7, 11) is 3.17. The SMILES string of the molecule is C=C[C@@H]1CN(CC(C)(C)O)CCC1Nc1cccc2c(S)c(C#CCNc3cc(C(=O)NC)ccc3OC)nn12. The van der Waals surface area contributed by atoms with Gasteiger partial charge in [0.2, 0.25) is 0 Å². The number of benzene rings is 1. The summed E-state index contributed by atoms with van der Waals surface area (Å²) in [4.78, 5) is 15.0. The number of pyridine rings is 1. The molecule has 10 heteroatoms. The molecule has 0 radical (unpaired) electrons. The third kappa shape index (κ3) is 6.91. The first kappa shape index (κ1) is 29.3. The van der Waals surface area contributed by atoms with Crippen LogP contribution in [0, 0.1) is 17.8 Å². The van der Waals surface area contributed by atoms with E-state index in [4.69, 9.17) is 22.5 Å². The number of β-amino-alcohol motifs (C(OH)–C–C–N with tert-alkyl or cyclic N) is 1. The average molecular weight is 563 g/mol. The summed E-state index contributed by atoms with van der Waals surface area (Å²) in [5.41, 5.74) is 1.91. The van der Waals surface area contributed by atoms with Crippen molar-refractivity contribution in [1.29, 1.82) is 0 Å². The Bertz CT molecular complexity index is 1430. The third-order valence-corrected chi connectivity index (χ3v) is 7.32. The molecule has 212 valence electrons. The molecular formula is C30H38N6O3S. The number of hydrogen-bond donors (Lipinski definition) is 5. The van der Waals surface area contributed by atoms with Crippen LogP contribution in [-0.4, -0.2) is 77.5 Å². The van der Waals surface area contributed by atoms with Crippen molar-refractivity contribution in [2.45, 2.75) is 36.8 Å². The molecule has 1 aliphatic rings. The Morgan fingerprint density at radius 2 is 2.15 bits per heavy atom. The molecular weight excluding hydrogens is 524 g/mol. The van der Waals surface area contributed by atoms with Crippen molar-refractivity contribution >= 4 is 35.6 Å². The number of piperidine rings is 1. The van der Waals surface area contributed by atoms with E-state index < -0.39 is 5.60 Å². The van der Waals surface area contributed by atoms with Crippen LogP contribution in [0.15, 0.2) is 53.9 Å². The molecule has 1 aliphatic heterocycles. The third-order valence-electron chi connectivity index (χ3n) is 6.88. The number of nitrogens with zero attached hydrogens (tertiary/aromatic N) is 3. The largest absolute Gasteiger partial charge is 0.495 e. The molecule has 1 aromatic carbocycles. The van der Waals surface area contributed by atoms with Crippen LogP contribution in [0.4, 0.5) is 11.5 Å². The summed E-state index contributed by atoms with van der Waals surface area (Å²) in [6.45, 7) is 10.4. The number of carbonyl (C=O) groups is 1. The van der Waals surface area contributed by atoms with Crippen LogP contribution in [0.5, 0.6) is 5.75 Å². The maximum atomic E-state index is 12.0. The van der Waals surface area contributed by atoms with Gasteiger partial charge in [-0.15, -0.1) is 19.2 Å². The Kier molecular flexibility index (Phi) is 9.30. The number of carbonyl (C=O) groups excluding carboxylic acids is 1. The first-order chi connectivity index (χ1) is 19.1. The van der Waals surface area contributed by atoms with Crippen molar-refractivity contribution in [3.63, 3.8) is 0 Å². The Hall–Kier alpha value is -3.65. The van der Waals surface area contributed by atoms with Gasteiger partial charge in [0.1, 0.15) is 17.3 Å². The predicted molar refractivity (Wildman–Crippen MR) is 163 cm³/mol. The van der Waals surface area contributed by atoms with Gasteiger partial charge in [-0.25, -0.2) is 4.52 Å². The van der Waals surface area contributed by atoms with Crippen LogP contribution >= 0.6 is 12.6 Å². The second-order valence-corrected chi connectivity index (χ2v) is 11.0. The van der Waals surface area contributed by atoms with Crippen LogP contribution < -0.4 is 20.7 Å². The standard InChI is InChI=1S/C30H38N6O3S/c1-6-20-18-35(19-30(2,3)38)16-14-22(20)33-27-11-7-10-25-28(40)23(34-36(25)27)9-8-15-32-24-17-21(29(37)31-4)12-13-26(24)39-5/h6-7,10-13,17,20,22,32-33,38,40H,1,14-16,18-19H2,2-5H3,(H,31,37)/t20-,22?/m1/s1. The van der Waals surface area contributed by atoms with Gasteiger partial charge in [-0.05, 0) is 56.5 Å². The molecule has 1 fully saturated rings. The van der Waals surface area contributed by atoms with E-state index >= 15 is 0 Å². The molecule has 1 amide bonds. The van der Waals surface area contributed by atoms with E-state index in [2.05, 4.69) is 39.3 Å². The zero-order chi connectivity index (χ0) is 28.9. The van der Waals surface area contributed by atoms with Crippen LogP contribution in [0.2, 0.25) is 0 Å². The minimum atomic E-state index is -0.732. The second-order valence-electron chi connectivity index (χ2n) is 10.5. The van der Waals surface area contributed by atoms with Gasteiger partial charge in [-0.3, -0.25) is 9.69 Å². The smallest absolute Gasteiger partial charge is 0.251 e. The van der Waals surface area contributed by atoms with Gasteiger partial charge in [0.15, 0.2) is 0 Å². The van der Waals surface area contributed by atoms with E-state index in [0.29, 0.717) is 40.7 Å². The number of amides is 1. The molecule has 0 aliphatic carbocycles. The van der Waals surface area contributed by atoms with Gasteiger partial charge in [0, 0.05) is 44.2 Å². The number of thiol groups is 1. The summed E-state index contributed by atoms with van der Waals surface area (Å²) in [6, 6.07) is 11.3. The number of likely N-dealkylation sites (tertiary alicyclic amines) is 1. The number of rotatable bonds is 9. The van der Waals surface area contributed by atoms with Crippen molar-refractivity contribution in [2.24, 2.45) is 5.92 Å². The molecule has 1 saturated heterocycles. The van der Waals surface area contributed by atoms with Gasteiger partial charge < -0.3 is 25.8 Å². The van der Waals surface area contributed by atoms with E-state index in [1.165, 1.54) is 0 Å². The van der Waals surface area contributed by atoms with Crippen molar-refractivity contribution in [3.8, 4) is 17.6 Å². The Morgan fingerprint density at radius 3 is 2.85 bits per heavy atom. The number of anilines is 2. The second kappa shape index (κ2) is 12.7. The van der Waals surface area contributed by atoms with Crippen LogP contribution in [0.3, 0.4) is 0 Å². The van der Waals surface area contributed by atoms with E-state index in [0.717, 1.165) is 30.8 Å². The molecule has 0 spiro atoms. The van der Waals surface area contributed by atoms with E-state index in [9.17, 15) is 9.90 Å². The first-order valence-corrected chi connectivity index (χ1v) is 13.8. The Morgan fingerprint density at radius 1 is 1.35 bits per heavy atom. The number of hydrogen-bond acceptors (Lipinski definition) is 8. The quantitative estimate of drug-likeness (QED) is 0.155. The van der Waals surface area contributed by atoms with Gasteiger partial charge in [0.05, 0.1) is 35.4 Å². The number of nitrogens with one attached hydrogen (secondary N) is 3. The molecule has 4 rings (SSSR count). The molecule has 2 atom stereocenters. The molecule has 3 heterocycles. The maximum absolute atomic E-state index is 12.0. The van der Waals surface area contributed by atoms with Crippen LogP contribution in [0.1, 0.15) is 36.3 Å². The average Bonchev–Trinajstić information content (AvgIpc) is 3.26. The molecule has 0 saturated carbocycles. The molecule has 0 bridgehead atoms. The van der Waals surface area contributed by atoms with Crippen molar-refractivity contribution in [1.82, 2.24) is 19.8 Å². The number of ether oxygens (including phenoxy) is 1. The number of fused-ring (bicyclic) bond motifs is 1. The van der Waals surface area contributed by atoms with Gasteiger partial charge in [0.25, 0.3) is 5.91 Å². The van der Waals surface area contributed by atoms with Crippen LogP contribution in [-0.2, 0) is 0 Å². The fraction of sp³-hybridized carbons (Fsp3) is 0.400.